The molecule has 0 N–H and O–H groups in total. The number of likely N-dealkylation sites (N-methyl/N-ethyl adjacent to an activating group) is 1. The van der Waals surface area contributed by atoms with Gasteiger partial charge in [-0.25, -0.2) is 9.97 Å². The molecule has 3 heterocycles. The number of rotatable bonds is 5. The molecular formula is C18H28N6. The Bertz CT molecular complexity index is 678. The zero-order valence-electron chi connectivity index (χ0n) is 15.2. The summed E-state index contributed by atoms with van der Waals surface area (Å²) in [5.74, 6) is 2.70. The largest absolute Gasteiger partial charge is 0.354 e. The molecule has 0 unspecified atom stereocenters. The number of nitrogens with zero attached hydrogens (tertiary/aromatic N) is 6. The maximum absolute atomic E-state index is 4.72. The average Bonchev–Trinajstić information content (AvgIpc) is 3.04. The molecule has 1 atom stereocenters. The fourth-order valence-corrected chi connectivity index (χ4v) is 3.38. The van der Waals surface area contributed by atoms with Crippen LogP contribution in [0.1, 0.15) is 36.0 Å². The molecule has 1 saturated heterocycles. The topological polar surface area (TPSA) is 50.1 Å². The smallest absolute Gasteiger partial charge is 0.150 e. The summed E-state index contributed by atoms with van der Waals surface area (Å²) in [6.45, 7) is 8.09. The standard InChI is InChI=1S/C18H28N6/c1-14-12-20-15(2)17(21-14)24-8-5-6-16(13-24)18-19-7-9-23(18)11-10-22(3)4/h7,9,12,16H,5-6,8,10-11,13H2,1-4H3/t16-/m1/s1. The summed E-state index contributed by atoms with van der Waals surface area (Å²) in [6.07, 6.45) is 8.24. The molecule has 24 heavy (non-hydrogen) atoms. The minimum absolute atomic E-state index is 0.456. The van der Waals surface area contributed by atoms with Gasteiger partial charge in [0.1, 0.15) is 11.6 Å². The van der Waals surface area contributed by atoms with Crippen LogP contribution in [0.2, 0.25) is 0 Å². The van der Waals surface area contributed by atoms with E-state index >= 15 is 0 Å². The molecule has 1 aliphatic heterocycles. The predicted molar refractivity (Wildman–Crippen MR) is 96.5 cm³/mol. The Morgan fingerprint density at radius 1 is 1.25 bits per heavy atom. The Morgan fingerprint density at radius 2 is 2.08 bits per heavy atom. The second kappa shape index (κ2) is 7.30. The van der Waals surface area contributed by atoms with Gasteiger partial charge in [0, 0.05) is 50.7 Å². The second-order valence-electron chi connectivity index (χ2n) is 6.99. The summed E-state index contributed by atoms with van der Waals surface area (Å²) in [5, 5.41) is 0. The molecule has 2 aromatic heterocycles. The Hall–Kier alpha value is -1.95. The Morgan fingerprint density at radius 3 is 2.88 bits per heavy atom. The molecule has 6 nitrogen and oxygen atoms in total. The summed E-state index contributed by atoms with van der Waals surface area (Å²) < 4.78 is 2.31. The van der Waals surface area contributed by atoms with Gasteiger partial charge in [-0.3, -0.25) is 4.98 Å². The van der Waals surface area contributed by atoms with E-state index in [2.05, 4.69) is 44.6 Å². The van der Waals surface area contributed by atoms with Gasteiger partial charge in [-0.05, 0) is 40.8 Å². The van der Waals surface area contributed by atoms with E-state index in [0.717, 1.165) is 43.4 Å². The lowest BCUT2D eigenvalue weighted by atomic mass is 9.97. The number of anilines is 1. The number of piperidine rings is 1. The third kappa shape index (κ3) is 3.75. The Balaban J connectivity index is 1.76. The van der Waals surface area contributed by atoms with Crippen LogP contribution in [0.15, 0.2) is 18.6 Å². The van der Waals surface area contributed by atoms with E-state index in [1.807, 2.05) is 26.2 Å². The van der Waals surface area contributed by atoms with Crippen molar-refractivity contribution in [3.05, 3.63) is 35.8 Å². The Labute approximate surface area is 144 Å². The SMILES string of the molecule is Cc1cnc(C)c(N2CCC[C@@H](c3nccn3CCN(C)C)C2)n1. The maximum Gasteiger partial charge on any atom is 0.150 e. The first-order chi connectivity index (χ1) is 11.5. The molecule has 1 fully saturated rings. The van der Waals surface area contributed by atoms with E-state index < -0.39 is 0 Å². The summed E-state index contributed by atoms with van der Waals surface area (Å²) >= 11 is 0. The molecule has 0 aromatic carbocycles. The van der Waals surface area contributed by atoms with E-state index in [1.165, 1.54) is 18.7 Å². The van der Waals surface area contributed by atoms with Crippen LogP contribution in [0.4, 0.5) is 5.82 Å². The van der Waals surface area contributed by atoms with Gasteiger partial charge in [0.25, 0.3) is 0 Å². The quantitative estimate of drug-likeness (QED) is 0.842. The van der Waals surface area contributed by atoms with Crippen molar-refractivity contribution in [1.29, 1.82) is 0 Å². The van der Waals surface area contributed by atoms with Crippen LogP contribution in [0.3, 0.4) is 0 Å². The van der Waals surface area contributed by atoms with Crippen molar-refractivity contribution < 1.29 is 0 Å². The lowest BCUT2D eigenvalue weighted by Gasteiger charge is -2.34. The van der Waals surface area contributed by atoms with Crippen LogP contribution in [-0.4, -0.2) is 58.1 Å². The van der Waals surface area contributed by atoms with Gasteiger partial charge in [-0.15, -0.1) is 0 Å². The van der Waals surface area contributed by atoms with E-state index in [1.54, 1.807) is 0 Å². The first-order valence-electron chi connectivity index (χ1n) is 8.75. The highest BCUT2D eigenvalue weighted by Crippen LogP contribution is 2.29. The fraction of sp³-hybridized carbons (Fsp3) is 0.611. The summed E-state index contributed by atoms with van der Waals surface area (Å²) in [4.78, 5) is 18.5. The number of hydrogen-bond donors (Lipinski definition) is 0. The molecule has 130 valence electrons. The maximum atomic E-state index is 4.72. The van der Waals surface area contributed by atoms with Crippen molar-refractivity contribution in [1.82, 2.24) is 24.4 Å². The second-order valence-corrected chi connectivity index (χ2v) is 6.99. The van der Waals surface area contributed by atoms with Crippen molar-refractivity contribution in [3.8, 4) is 0 Å². The van der Waals surface area contributed by atoms with Crippen molar-refractivity contribution in [2.75, 3.05) is 38.6 Å². The van der Waals surface area contributed by atoms with Crippen molar-refractivity contribution in [3.63, 3.8) is 0 Å². The highest BCUT2D eigenvalue weighted by molar-refractivity contribution is 5.44. The van der Waals surface area contributed by atoms with E-state index in [9.17, 15) is 0 Å². The monoisotopic (exact) mass is 328 g/mol. The van der Waals surface area contributed by atoms with Gasteiger partial charge >= 0.3 is 0 Å². The normalized spacial score (nSPS) is 18.4. The van der Waals surface area contributed by atoms with Crippen LogP contribution >= 0.6 is 0 Å². The van der Waals surface area contributed by atoms with E-state index in [0.29, 0.717) is 5.92 Å². The summed E-state index contributed by atoms with van der Waals surface area (Å²) in [5.41, 5.74) is 1.99. The first kappa shape index (κ1) is 16.9. The van der Waals surface area contributed by atoms with E-state index in [-0.39, 0.29) is 0 Å². The highest BCUT2D eigenvalue weighted by Gasteiger charge is 2.26. The molecule has 3 rings (SSSR count). The lowest BCUT2D eigenvalue weighted by Crippen LogP contribution is -2.36. The van der Waals surface area contributed by atoms with Crippen LogP contribution in [0.25, 0.3) is 0 Å². The van der Waals surface area contributed by atoms with Crippen molar-refractivity contribution >= 4 is 5.82 Å². The van der Waals surface area contributed by atoms with Crippen molar-refractivity contribution in [2.45, 2.75) is 39.2 Å². The molecule has 0 aliphatic carbocycles. The molecule has 0 spiro atoms. The van der Waals surface area contributed by atoms with Crippen LogP contribution < -0.4 is 4.90 Å². The predicted octanol–water partition coefficient (Wildman–Crippen LogP) is 2.24. The lowest BCUT2D eigenvalue weighted by molar-refractivity contribution is 0.373. The molecule has 0 bridgehead atoms. The number of aryl methyl sites for hydroxylation is 2. The molecule has 2 aromatic rings. The minimum Gasteiger partial charge on any atom is -0.354 e. The van der Waals surface area contributed by atoms with Gasteiger partial charge < -0.3 is 14.4 Å². The van der Waals surface area contributed by atoms with Gasteiger partial charge in [-0.2, -0.15) is 0 Å². The number of imidazole rings is 1. The van der Waals surface area contributed by atoms with Crippen LogP contribution in [-0.2, 0) is 6.54 Å². The number of aromatic nitrogens is 4. The third-order valence-electron chi connectivity index (χ3n) is 4.67. The third-order valence-corrected chi connectivity index (χ3v) is 4.67. The first-order valence-corrected chi connectivity index (χ1v) is 8.75. The fourth-order valence-electron chi connectivity index (χ4n) is 3.38. The highest BCUT2D eigenvalue weighted by atomic mass is 15.2. The summed E-state index contributed by atoms with van der Waals surface area (Å²) in [6, 6.07) is 0. The van der Waals surface area contributed by atoms with Gasteiger partial charge in [0.05, 0.1) is 11.4 Å². The van der Waals surface area contributed by atoms with Gasteiger partial charge in [0.2, 0.25) is 0 Å². The zero-order valence-corrected chi connectivity index (χ0v) is 15.2. The molecule has 6 heteroatoms. The van der Waals surface area contributed by atoms with E-state index in [4.69, 9.17) is 4.98 Å². The molecule has 1 aliphatic rings. The Kier molecular flexibility index (Phi) is 5.14. The zero-order chi connectivity index (χ0) is 17.1. The van der Waals surface area contributed by atoms with Crippen molar-refractivity contribution in [2.24, 2.45) is 0 Å². The molecular weight excluding hydrogens is 300 g/mol. The molecule has 0 radical (unpaired) electrons. The average molecular weight is 328 g/mol. The van der Waals surface area contributed by atoms with Gasteiger partial charge in [0.15, 0.2) is 0 Å². The van der Waals surface area contributed by atoms with Crippen LogP contribution in [0.5, 0.6) is 0 Å². The minimum atomic E-state index is 0.456. The van der Waals surface area contributed by atoms with Gasteiger partial charge in [-0.1, -0.05) is 0 Å². The summed E-state index contributed by atoms with van der Waals surface area (Å²) in [7, 11) is 4.22. The number of hydrogen-bond acceptors (Lipinski definition) is 5. The molecule has 0 saturated carbocycles. The molecule has 0 amide bonds. The van der Waals surface area contributed by atoms with Crippen LogP contribution in [0, 0.1) is 13.8 Å².